The predicted octanol–water partition coefficient (Wildman–Crippen LogP) is 1.22. The predicted molar refractivity (Wildman–Crippen MR) is 51.5 cm³/mol. The maximum atomic E-state index is 10.7. The smallest absolute Gasteiger partial charge is 0.305 e. The first-order valence-electron chi connectivity index (χ1n) is 3.99. The summed E-state index contributed by atoms with van der Waals surface area (Å²) in [6.07, 6.45) is 1.98. The van der Waals surface area contributed by atoms with Gasteiger partial charge in [0, 0.05) is 11.8 Å². The second-order valence-electron chi connectivity index (χ2n) is 2.61. The molecule has 1 heterocycles. The molecule has 0 atom stereocenters. The molecule has 0 unspecified atom stereocenters. The molecule has 0 aromatic carbocycles. The Morgan fingerprint density at radius 3 is 3.08 bits per heavy atom. The molecule has 1 rings (SSSR count). The average molecular weight is 200 g/mol. The van der Waals surface area contributed by atoms with Crippen LogP contribution < -0.4 is 5.73 Å². The van der Waals surface area contributed by atoms with Crippen LogP contribution in [0.3, 0.4) is 0 Å². The van der Waals surface area contributed by atoms with Gasteiger partial charge in [0.1, 0.15) is 0 Å². The van der Waals surface area contributed by atoms with E-state index in [9.17, 15) is 4.79 Å². The lowest BCUT2D eigenvalue weighted by Gasteiger charge is -1.96. The summed E-state index contributed by atoms with van der Waals surface area (Å²) in [5.41, 5.74) is 6.40. The third-order valence-electron chi connectivity index (χ3n) is 1.61. The summed E-state index contributed by atoms with van der Waals surface area (Å²) in [6, 6.07) is 0. The lowest BCUT2D eigenvalue weighted by molar-refractivity contribution is -0.140. The Bertz CT molecular complexity index is 285. The highest BCUT2D eigenvalue weighted by atomic mass is 32.1. The van der Waals surface area contributed by atoms with Gasteiger partial charge in [-0.15, -0.1) is 11.3 Å². The minimum Gasteiger partial charge on any atom is -0.469 e. The van der Waals surface area contributed by atoms with Crippen molar-refractivity contribution in [2.45, 2.75) is 19.3 Å². The third kappa shape index (κ3) is 3.42. The molecule has 0 aliphatic heterocycles. The number of nitrogen functional groups attached to an aromatic ring is 1. The number of esters is 1. The zero-order valence-corrected chi connectivity index (χ0v) is 8.26. The Labute approximate surface area is 80.7 Å². The van der Waals surface area contributed by atoms with Crippen molar-refractivity contribution in [2.75, 3.05) is 12.8 Å². The Balaban J connectivity index is 2.24. The van der Waals surface area contributed by atoms with Crippen molar-refractivity contribution in [3.63, 3.8) is 0 Å². The highest BCUT2D eigenvalue weighted by Gasteiger charge is 2.02. The monoisotopic (exact) mass is 200 g/mol. The van der Waals surface area contributed by atoms with E-state index in [1.54, 1.807) is 0 Å². The number of ether oxygens (including phenoxy) is 1. The van der Waals surface area contributed by atoms with Crippen LogP contribution in [0.5, 0.6) is 0 Å². The molecule has 0 aliphatic carbocycles. The van der Waals surface area contributed by atoms with Crippen LogP contribution >= 0.6 is 11.3 Å². The van der Waals surface area contributed by atoms with E-state index in [4.69, 9.17) is 5.73 Å². The Hall–Kier alpha value is -1.10. The lowest BCUT2D eigenvalue weighted by atomic mass is 10.2. The van der Waals surface area contributed by atoms with Gasteiger partial charge in [-0.2, -0.15) is 0 Å². The highest BCUT2D eigenvalue weighted by Crippen LogP contribution is 2.13. The number of aryl methyl sites for hydroxylation is 1. The van der Waals surface area contributed by atoms with Gasteiger partial charge in [-0.1, -0.05) is 0 Å². The van der Waals surface area contributed by atoms with Crippen LogP contribution in [0.1, 0.15) is 18.5 Å². The fourth-order valence-electron chi connectivity index (χ4n) is 0.953. The summed E-state index contributed by atoms with van der Waals surface area (Å²) >= 11 is 1.42. The van der Waals surface area contributed by atoms with Gasteiger partial charge < -0.3 is 10.5 Å². The molecular formula is C8H12N2O2S. The van der Waals surface area contributed by atoms with Gasteiger partial charge in [0.15, 0.2) is 5.13 Å². The lowest BCUT2D eigenvalue weighted by Crippen LogP contribution is -2.00. The van der Waals surface area contributed by atoms with Crippen LogP contribution in [-0.2, 0) is 16.0 Å². The Kier molecular flexibility index (Phi) is 3.70. The van der Waals surface area contributed by atoms with E-state index in [0.29, 0.717) is 11.6 Å². The number of aromatic nitrogens is 1. The first-order chi connectivity index (χ1) is 6.22. The minimum absolute atomic E-state index is 0.178. The van der Waals surface area contributed by atoms with E-state index in [1.165, 1.54) is 18.4 Å². The fraction of sp³-hybridized carbons (Fsp3) is 0.500. The van der Waals surface area contributed by atoms with Gasteiger partial charge in [-0.25, -0.2) is 4.98 Å². The number of anilines is 1. The number of hydrogen-bond donors (Lipinski definition) is 1. The fourth-order valence-corrected chi connectivity index (χ4v) is 1.55. The molecule has 2 N–H and O–H groups in total. The molecule has 1 aromatic heterocycles. The third-order valence-corrected chi connectivity index (χ3v) is 2.33. The standard InChI is InChI=1S/C8H12N2O2S/c1-12-7(11)4-2-3-6-5-13-8(9)10-6/h5H,2-4H2,1H3,(H2,9,10). The van der Waals surface area contributed by atoms with E-state index in [2.05, 4.69) is 9.72 Å². The molecule has 1 aromatic rings. The number of nitrogens with zero attached hydrogens (tertiary/aromatic N) is 1. The molecular weight excluding hydrogens is 188 g/mol. The van der Waals surface area contributed by atoms with E-state index < -0.39 is 0 Å². The first-order valence-corrected chi connectivity index (χ1v) is 4.87. The zero-order valence-electron chi connectivity index (χ0n) is 7.45. The number of nitrogens with two attached hydrogens (primary N) is 1. The minimum atomic E-state index is -0.178. The molecule has 4 nitrogen and oxygen atoms in total. The number of thiazole rings is 1. The molecule has 0 fully saturated rings. The maximum absolute atomic E-state index is 10.7. The van der Waals surface area contributed by atoms with Gasteiger partial charge in [0.05, 0.1) is 12.8 Å². The van der Waals surface area contributed by atoms with Gasteiger partial charge in [-0.05, 0) is 12.8 Å². The summed E-state index contributed by atoms with van der Waals surface area (Å²) in [5.74, 6) is -0.178. The average Bonchev–Trinajstić information content (AvgIpc) is 2.51. The van der Waals surface area contributed by atoms with Crippen molar-refractivity contribution in [1.82, 2.24) is 4.98 Å². The van der Waals surface area contributed by atoms with Crippen molar-refractivity contribution in [1.29, 1.82) is 0 Å². The second-order valence-corrected chi connectivity index (χ2v) is 3.50. The normalized spacial score (nSPS) is 9.92. The van der Waals surface area contributed by atoms with E-state index in [0.717, 1.165) is 18.5 Å². The summed E-state index contributed by atoms with van der Waals surface area (Å²) in [4.78, 5) is 14.8. The largest absolute Gasteiger partial charge is 0.469 e. The van der Waals surface area contributed by atoms with Crippen LogP contribution in [0.2, 0.25) is 0 Å². The molecule has 5 heteroatoms. The first kappa shape index (κ1) is 9.98. The number of carbonyl (C=O) groups is 1. The molecule has 72 valence electrons. The van der Waals surface area contributed by atoms with Crippen molar-refractivity contribution < 1.29 is 9.53 Å². The number of hydrogen-bond acceptors (Lipinski definition) is 5. The molecule has 0 spiro atoms. The van der Waals surface area contributed by atoms with E-state index >= 15 is 0 Å². The van der Waals surface area contributed by atoms with Crippen LogP contribution in [0, 0.1) is 0 Å². The van der Waals surface area contributed by atoms with Crippen LogP contribution in [0.25, 0.3) is 0 Å². The van der Waals surface area contributed by atoms with Crippen LogP contribution in [0.4, 0.5) is 5.13 Å². The van der Waals surface area contributed by atoms with Crippen LogP contribution in [-0.4, -0.2) is 18.1 Å². The number of carbonyl (C=O) groups excluding carboxylic acids is 1. The summed E-state index contributed by atoms with van der Waals surface area (Å²) in [5, 5.41) is 2.49. The van der Waals surface area contributed by atoms with Crippen molar-refractivity contribution in [3.05, 3.63) is 11.1 Å². The quantitative estimate of drug-likeness (QED) is 0.742. The van der Waals surface area contributed by atoms with Crippen molar-refractivity contribution >= 4 is 22.4 Å². The van der Waals surface area contributed by atoms with E-state index in [-0.39, 0.29) is 5.97 Å². The number of rotatable bonds is 4. The molecule has 0 amide bonds. The molecule has 0 aliphatic rings. The van der Waals surface area contributed by atoms with Crippen molar-refractivity contribution in [2.24, 2.45) is 0 Å². The second kappa shape index (κ2) is 4.81. The summed E-state index contributed by atoms with van der Waals surface area (Å²) in [6.45, 7) is 0. The Morgan fingerprint density at radius 1 is 1.77 bits per heavy atom. The summed E-state index contributed by atoms with van der Waals surface area (Å²) < 4.78 is 4.51. The molecule has 0 radical (unpaired) electrons. The topological polar surface area (TPSA) is 65.2 Å². The van der Waals surface area contributed by atoms with Gasteiger partial charge in [0.2, 0.25) is 0 Å². The Morgan fingerprint density at radius 2 is 2.54 bits per heavy atom. The molecule has 13 heavy (non-hydrogen) atoms. The number of methoxy groups -OCH3 is 1. The van der Waals surface area contributed by atoms with Crippen LogP contribution in [0.15, 0.2) is 5.38 Å². The van der Waals surface area contributed by atoms with E-state index in [1.807, 2.05) is 5.38 Å². The van der Waals surface area contributed by atoms with Gasteiger partial charge in [-0.3, -0.25) is 4.79 Å². The van der Waals surface area contributed by atoms with Gasteiger partial charge in [0.25, 0.3) is 0 Å². The molecule has 0 saturated heterocycles. The SMILES string of the molecule is COC(=O)CCCc1csc(N)n1. The zero-order chi connectivity index (χ0) is 9.68. The molecule has 0 bridgehead atoms. The molecule has 0 saturated carbocycles. The highest BCUT2D eigenvalue weighted by molar-refractivity contribution is 7.13. The van der Waals surface area contributed by atoms with Crippen molar-refractivity contribution in [3.8, 4) is 0 Å². The maximum Gasteiger partial charge on any atom is 0.305 e. The summed E-state index contributed by atoms with van der Waals surface area (Å²) in [7, 11) is 1.39. The van der Waals surface area contributed by atoms with Gasteiger partial charge >= 0.3 is 5.97 Å².